The van der Waals surface area contributed by atoms with Crippen molar-refractivity contribution in [2.75, 3.05) is 24.5 Å². The van der Waals surface area contributed by atoms with E-state index in [0.29, 0.717) is 5.78 Å². The van der Waals surface area contributed by atoms with Gasteiger partial charge in [0.05, 0.1) is 5.54 Å². The Bertz CT molecular complexity index is 622. The summed E-state index contributed by atoms with van der Waals surface area (Å²) in [5, 5.41) is 7.90. The van der Waals surface area contributed by atoms with Gasteiger partial charge in [0, 0.05) is 24.8 Å². The van der Waals surface area contributed by atoms with Crippen molar-refractivity contribution < 1.29 is 0 Å². The second-order valence-electron chi connectivity index (χ2n) is 5.84. The van der Waals surface area contributed by atoms with E-state index in [1.165, 1.54) is 19.3 Å². The number of hydrogen-bond acceptors (Lipinski definition) is 5. The Balaban J connectivity index is 1.86. The van der Waals surface area contributed by atoms with Crippen LogP contribution in [0, 0.1) is 0 Å². The van der Waals surface area contributed by atoms with Gasteiger partial charge in [-0.3, -0.25) is 0 Å². The van der Waals surface area contributed by atoms with E-state index >= 15 is 0 Å². The Hall–Kier alpha value is -1.69. The largest absolute Gasteiger partial charge is 0.349 e. The molecule has 2 aliphatic rings. The van der Waals surface area contributed by atoms with Gasteiger partial charge < -0.3 is 10.2 Å². The summed E-state index contributed by atoms with van der Waals surface area (Å²) in [6.45, 7) is 5.43. The highest BCUT2D eigenvalue weighted by Crippen LogP contribution is 2.38. The average molecular weight is 272 g/mol. The van der Waals surface area contributed by atoms with E-state index < -0.39 is 0 Å². The van der Waals surface area contributed by atoms with E-state index in [2.05, 4.69) is 38.3 Å². The summed E-state index contributed by atoms with van der Waals surface area (Å²) in [5.41, 5.74) is 1.36. The molecule has 0 radical (unpaired) electrons. The SMILES string of the molecule is CCc1cc(N2CCCC23CCNC3)n2ncnc2n1. The first-order valence-corrected chi connectivity index (χ1v) is 7.50. The second kappa shape index (κ2) is 4.41. The van der Waals surface area contributed by atoms with Crippen molar-refractivity contribution in [1.29, 1.82) is 0 Å². The standard InChI is InChI=1S/C14H20N6/c1-2-11-8-12(20-13(18-11)16-10-17-20)19-7-3-4-14(19)5-6-15-9-14/h8,10,15H,2-7,9H2,1H3. The molecule has 1 N–H and O–H groups in total. The lowest BCUT2D eigenvalue weighted by Crippen LogP contribution is -2.46. The maximum Gasteiger partial charge on any atom is 0.254 e. The van der Waals surface area contributed by atoms with E-state index in [4.69, 9.17) is 0 Å². The van der Waals surface area contributed by atoms with E-state index in [0.717, 1.165) is 37.6 Å². The van der Waals surface area contributed by atoms with Gasteiger partial charge >= 0.3 is 0 Å². The average Bonchev–Trinajstić information content (AvgIpc) is 3.20. The summed E-state index contributed by atoms with van der Waals surface area (Å²) >= 11 is 0. The molecule has 6 nitrogen and oxygen atoms in total. The lowest BCUT2D eigenvalue weighted by molar-refractivity contribution is 0.461. The zero-order valence-electron chi connectivity index (χ0n) is 11.8. The lowest BCUT2D eigenvalue weighted by atomic mass is 9.95. The van der Waals surface area contributed by atoms with Gasteiger partial charge in [-0.15, -0.1) is 0 Å². The Kier molecular flexibility index (Phi) is 2.66. The minimum Gasteiger partial charge on any atom is -0.349 e. The van der Waals surface area contributed by atoms with Crippen LogP contribution in [-0.4, -0.2) is 44.8 Å². The van der Waals surface area contributed by atoms with Crippen molar-refractivity contribution in [2.45, 2.75) is 38.1 Å². The van der Waals surface area contributed by atoms with Crippen LogP contribution in [0.15, 0.2) is 12.4 Å². The molecule has 4 heterocycles. The Morgan fingerprint density at radius 1 is 1.40 bits per heavy atom. The normalized spacial score (nSPS) is 26.1. The molecular weight excluding hydrogens is 252 g/mol. The molecular formula is C14H20N6. The summed E-state index contributed by atoms with van der Waals surface area (Å²) in [4.78, 5) is 11.4. The van der Waals surface area contributed by atoms with E-state index in [-0.39, 0.29) is 5.54 Å². The molecule has 2 aromatic heterocycles. The van der Waals surface area contributed by atoms with Crippen molar-refractivity contribution in [3.05, 3.63) is 18.1 Å². The number of aryl methyl sites for hydroxylation is 1. The molecule has 2 fully saturated rings. The number of nitrogens with one attached hydrogen (secondary N) is 1. The Labute approximate surface area is 118 Å². The molecule has 20 heavy (non-hydrogen) atoms. The van der Waals surface area contributed by atoms with Gasteiger partial charge in [-0.2, -0.15) is 14.6 Å². The maximum atomic E-state index is 4.55. The molecule has 0 amide bonds. The third-order valence-electron chi connectivity index (χ3n) is 4.74. The first kappa shape index (κ1) is 12.1. The zero-order chi connectivity index (χ0) is 13.6. The van der Waals surface area contributed by atoms with Crippen molar-refractivity contribution in [1.82, 2.24) is 24.9 Å². The lowest BCUT2D eigenvalue weighted by Gasteiger charge is -2.36. The van der Waals surface area contributed by atoms with Crippen molar-refractivity contribution in [2.24, 2.45) is 0 Å². The second-order valence-corrected chi connectivity index (χ2v) is 5.84. The topological polar surface area (TPSA) is 58.4 Å². The van der Waals surface area contributed by atoms with Crippen LogP contribution in [-0.2, 0) is 6.42 Å². The van der Waals surface area contributed by atoms with E-state index in [1.54, 1.807) is 6.33 Å². The molecule has 106 valence electrons. The minimum absolute atomic E-state index is 0.269. The van der Waals surface area contributed by atoms with Crippen LogP contribution in [0.4, 0.5) is 5.82 Å². The molecule has 0 bridgehead atoms. The number of rotatable bonds is 2. The fourth-order valence-corrected chi connectivity index (χ4v) is 3.69. The van der Waals surface area contributed by atoms with Crippen molar-refractivity contribution >= 4 is 11.6 Å². The van der Waals surface area contributed by atoms with E-state index in [9.17, 15) is 0 Å². The fraction of sp³-hybridized carbons (Fsp3) is 0.643. The molecule has 2 saturated heterocycles. The summed E-state index contributed by atoms with van der Waals surface area (Å²) < 4.78 is 1.89. The third kappa shape index (κ3) is 1.64. The Morgan fingerprint density at radius 3 is 3.15 bits per heavy atom. The summed E-state index contributed by atoms with van der Waals surface area (Å²) in [7, 11) is 0. The van der Waals surface area contributed by atoms with Crippen LogP contribution in [0.1, 0.15) is 31.9 Å². The first-order valence-electron chi connectivity index (χ1n) is 7.50. The fourth-order valence-electron chi connectivity index (χ4n) is 3.69. The minimum atomic E-state index is 0.269. The van der Waals surface area contributed by atoms with Gasteiger partial charge in [-0.1, -0.05) is 6.92 Å². The van der Waals surface area contributed by atoms with Crippen LogP contribution in [0.25, 0.3) is 5.78 Å². The number of hydrogen-bond donors (Lipinski definition) is 1. The molecule has 1 atom stereocenters. The van der Waals surface area contributed by atoms with Crippen LogP contribution < -0.4 is 10.2 Å². The molecule has 2 aliphatic heterocycles. The van der Waals surface area contributed by atoms with Crippen molar-refractivity contribution in [3.63, 3.8) is 0 Å². The summed E-state index contributed by atoms with van der Waals surface area (Å²) in [6.07, 6.45) is 6.25. The van der Waals surface area contributed by atoms with E-state index in [1.807, 2.05) is 4.52 Å². The highest BCUT2D eigenvalue weighted by atomic mass is 15.4. The number of nitrogens with zero attached hydrogens (tertiary/aromatic N) is 5. The molecule has 1 unspecified atom stereocenters. The number of anilines is 1. The van der Waals surface area contributed by atoms with Crippen LogP contribution in [0.2, 0.25) is 0 Å². The monoisotopic (exact) mass is 272 g/mol. The van der Waals surface area contributed by atoms with Crippen LogP contribution >= 0.6 is 0 Å². The van der Waals surface area contributed by atoms with Gasteiger partial charge in [-0.25, -0.2) is 4.98 Å². The quantitative estimate of drug-likeness (QED) is 0.884. The highest BCUT2D eigenvalue weighted by Gasteiger charge is 2.44. The van der Waals surface area contributed by atoms with Gasteiger partial charge in [0.2, 0.25) is 0 Å². The molecule has 0 aromatic carbocycles. The maximum absolute atomic E-state index is 4.55. The first-order chi connectivity index (χ1) is 9.82. The third-order valence-corrected chi connectivity index (χ3v) is 4.74. The number of aromatic nitrogens is 4. The van der Waals surface area contributed by atoms with Gasteiger partial charge in [0.15, 0.2) is 0 Å². The summed E-state index contributed by atoms with van der Waals surface area (Å²) in [5.74, 6) is 1.87. The smallest absolute Gasteiger partial charge is 0.254 e. The van der Waals surface area contributed by atoms with Crippen LogP contribution in [0.5, 0.6) is 0 Å². The van der Waals surface area contributed by atoms with Gasteiger partial charge in [0.1, 0.15) is 12.1 Å². The molecule has 1 spiro atoms. The molecule has 6 heteroatoms. The zero-order valence-corrected chi connectivity index (χ0v) is 11.8. The van der Waals surface area contributed by atoms with Crippen molar-refractivity contribution in [3.8, 4) is 0 Å². The predicted octanol–water partition coefficient (Wildman–Crippen LogP) is 1.02. The molecule has 0 saturated carbocycles. The molecule has 2 aromatic rings. The predicted molar refractivity (Wildman–Crippen MR) is 77.0 cm³/mol. The van der Waals surface area contributed by atoms with Crippen LogP contribution in [0.3, 0.4) is 0 Å². The molecule has 4 rings (SSSR count). The molecule has 0 aliphatic carbocycles. The highest BCUT2D eigenvalue weighted by molar-refractivity contribution is 5.51. The van der Waals surface area contributed by atoms with Gasteiger partial charge in [0.25, 0.3) is 5.78 Å². The summed E-state index contributed by atoms with van der Waals surface area (Å²) in [6, 6.07) is 2.19. The number of fused-ring (bicyclic) bond motifs is 1. The Morgan fingerprint density at radius 2 is 2.35 bits per heavy atom. The van der Waals surface area contributed by atoms with Gasteiger partial charge in [-0.05, 0) is 32.2 Å².